The van der Waals surface area contributed by atoms with E-state index in [-0.39, 0.29) is 12.4 Å². The Bertz CT molecular complexity index is 377. The molecule has 19 heavy (non-hydrogen) atoms. The van der Waals surface area contributed by atoms with Gasteiger partial charge < -0.3 is 9.47 Å². The van der Waals surface area contributed by atoms with Crippen molar-refractivity contribution in [2.24, 2.45) is 0 Å². The van der Waals surface area contributed by atoms with Crippen molar-refractivity contribution in [1.29, 1.82) is 0 Å². The molecule has 0 radical (unpaired) electrons. The zero-order chi connectivity index (χ0) is 14.6. The molecule has 5 heteroatoms. The number of ether oxygens (including phenoxy) is 2. The summed E-state index contributed by atoms with van der Waals surface area (Å²) in [6, 6.07) is -0.585. The van der Waals surface area contributed by atoms with Gasteiger partial charge in [0.1, 0.15) is 11.6 Å². The zero-order valence-corrected chi connectivity index (χ0v) is 12.4. The van der Waals surface area contributed by atoms with Crippen LogP contribution in [0.2, 0.25) is 0 Å². The highest BCUT2D eigenvalue weighted by molar-refractivity contribution is 5.96. The molecule has 0 aromatic rings. The summed E-state index contributed by atoms with van der Waals surface area (Å²) >= 11 is 0. The van der Waals surface area contributed by atoms with Gasteiger partial charge in [-0.1, -0.05) is 5.57 Å². The maximum Gasteiger partial charge on any atom is 0.411 e. The lowest BCUT2D eigenvalue weighted by atomic mass is 10.1. The fraction of sp³-hybridized carbons (Fsp3) is 0.714. The molecule has 1 heterocycles. The second-order valence-electron chi connectivity index (χ2n) is 5.89. The number of carbonyl (C=O) groups is 2. The molecule has 1 amide bonds. The third-order valence-electron chi connectivity index (χ3n) is 2.52. The monoisotopic (exact) mass is 269 g/mol. The van der Waals surface area contributed by atoms with E-state index >= 15 is 0 Å². The molecule has 1 rings (SSSR count). The highest BCUT2D eigenvalue weighted by atomic mass is 16.6. The van der Waals surface area contributed by atoms with E-state index in [0.717, 1.165) is 5.57 Å². The predicted molar refractivity (Wildman–Crippen MR) is 72.0 cm³/mol. The molecule has 1 unspecified atom stereocenters. The second kappa shape index (κ2) is 6.19. The maximum atomic E-state index is 12.1. The third kappa shape index (κ3) is 5.03. The van der Waals surface area contributed by atoms with E-state index in [1.807, 2.05) is 13.8 Å². The number of ketones is 1. The molecule has 0 aromatic carbocycles. The van der Waals surface area contributed by atoms with Gasteiger partial charge >= 0.3 is 6.09 Å². The smallest absolute Gasteiger partial charge is 0.411 e. The number of rotatable bonds is 2. The van der Waals surface area contributed by atoms with Crippen molar-refractivity contribution in [3.05, 3.63) is 11.6 Å². The van der Waals surface area contributed by atoms with E-state index in [1.54, 1.807) is 20.8 Å². The van der Waals surface area contributed by atoms with E-state index in [4.69, 9.17) is 9.47 Å². The van der Waals surface area contributed by atoms with Gasteiger partial charge in [0.2, 0.25) is 0 Å². The van der Waals surface area contributed by atoms with Gasteiger partial charge in [-0.15, -0.1) is 0 Å². The van der Waals surface area contributed by atoms with E-state index in [1.165, 1.54) is 11.0 Å². The molecule has 1 saturated heterocycles. The molecule has 0 aliphatic carbocycles. The minimum absolute atomic E-state index is 0.120. The van der Waals surface area contributed by atoms with Crippen LogP contribution in [0.25, 0.3) is 0 Å². The quantitative estimate of drug-likeness (QED) is 0.721. The molecule has 5 nitrogen and oxygen atoms in total. The molecular formula is C14H23NO4. The Hall–Kier alpha value is -1.36. The van der Waals surface area contributed by atoms with Crippen LogP contribution in [-0.4, -0.2) is 48.2 Å². The van der Waals surface area contributed by atoms with Crippen molar-refractivity contribution in [3.63, 3.8) is 0 Å². The third-order valence-corrected chi connectivity index (χ3v) is 2.52. The normalized spacial score (nSPS) is 19.8. The Morgan fingerprint density at radius 1 is 1.32 bits per heavy atom. The van der Waals surface area contributed by atoms with Gasteiger partial charge in [-0.25, -0.2) is 4.79 Å². The lowest BCUT2D eigenvalue weighted by Crippen LogP contribution is -2.53. The topological polar surface area (TPSA) is 55.8 Å². The van der Waals surface area contributed by atoms with Crippen molar-refractivity contribution in [1.82, 2.24) is 4.90 Å². The lowest BCUT2D eigenvalue weighted by Gasteiger charge is -2.35. The first-order valence-electron chi connectivity index (χ1n) is 6.47. The first-order valence-corrected chi connectivity index (χ1v) is 6.47. The van der Waals surface area contributed by atoms with Crippen molar-refractivity contribution >= 4 is 11.9 Å². The number of hydrogen-bond acceptors (Lipinski definition) is 4. The van der Waals surface area contributed by atoms with E-state index in [0.29, 0.717) is 13.2 Å². The Labute approximate surface area is 114 Å². The summed E-state index contributed by atoms with van der Waals surface area (Å²) in [6.45, 7) is 10.1. The van der Waals surface area contributed by atoms with Crippen LogP contribution >= 0.6 is 0 Å². The molecule has 1 atom stereocenters. The predicted octanol–water partition coefficient (Wildman–Crippen LogP) is 2.16. The summed E-state index contributed by atoms with van der Waals surface area (Å²) in [5.74, 6) is -0.120. The molecule has 1 aliphatic rings. The number of carbonyl (C=O) groups excluding carboxylic acids is 2. The summed E-state index contributed by atoms with van der Waals surface area (Å²) < 4.78 is 10.6. The Kier molecular flexibility index (Phi) is 5.11. The lowest BCUT2D eigenvalue weighted by molar-refractivity contribution is -0.125. The van der Waals surface area contributed by atoms with Crippen molar-refractivity contribution in [2.75, 3.05) is 19.8 Å². The zero-order valence-electron chi connectivity index (χ0n) is 12.4. The van der Waals surface area contributed by atoms with Gasteiger partial charge in [0.15, 0.2) is 5.78 Å². The largest absolute Gasteiger partial charge is 0.444 e. The first-order chi connectivity index (χ1) is 8.70. The molecule has 0 bridgehead atoms. The molecule has 1 fully saturated rings. The summed E-state index contributed by atoms with van der Waals surface area (Å²) in [7, 11) is 0. The van der Waals surface area contributed by atoms with Crippen LogP contribution in [0.5, 0.6) is 0 Å². The SMILES string of the molecule is CC(C)=CC(=O)C1COCCN1C(=O)OC(C)(C)C. The number of hydrogen-bond donors (Lipinski definition) is 0. The van der Waals surface area contributed by atoms with Crippen molar-refractivity contribution in [3.8, 4) is 0 Å². The van der Waals surface area contributed by atoms with E-state index in [9.17, 15) is 9.59 Å². The average molecular weight is 269 g/mol. The molecule has 0 N–H and O–H groups in total. The second-order valence-corrected chi connectivity index (χ2v) is 5.89. The Morgan fingerprint density at radius 3 is 2.47 bits per heavy atom. The minimum Gasteiger partial charge on any atom is -0.444 e. The van der Waals surface area contributed by atoms with Crippen molar-refractivity contribution < 1.29 is 19.1 Å². The highest BCUT2D eigenvalue weighted by Crippen LogP contribution is 2.15. The standard InChI is InChI=1S/C14H23NO4/c1-10(2)8-12(16)11-9-18-7-6-15(11)13(17)19-14(3,4)5/h8,11H,6-7,9H2,1-5H3. The molecule has 0 aromatic heterocycles. The van der Waals surface area contributed by atoms with Crippen LogP contribution in [0.15, 0.2) is 11.6 Å². The van der Waals surface area contributed by atoms with Gasteiger partial charge in [0, 0.05) is 6.54 Å². The van der Waals surface area contributed by atoms with Crippen LogP contribution in [0.1, 0.15) is 34.6 Å². The fourth-order valence-electron chi connectivity index (χ4n) is 1.76. The van der Waals surface area contributed by atoms with Crippen molar-refractivity contribution in [2.45, 2.75) is 46.3 Å². The number of amides is 1. The maximum absolute atomic E-state index is 12.1. The molecule has 108 valence electrons. The Balaban J connectivity index is 2.81. The highest BCUT2D eigenvalue weighted by Gasteiger charge is 2.34. The van der Waals surface area contributed by atoms with E-state index < -0.39 is 17.7 Å². The van der Waals surface area contributed by atoms with Crippen LogP contribution in [-0.2, 0) is 14.3 Å². The molecule has 0 spiro atoms. The first kappa shape index (κ1) is 15.7. The summed E-state index contributed by atoms with van der Waals surface area (Å²) in [5.41, 5.74) is 0.333. The van der Waals surface area contributed by atoms with E-state index in [2.05, 4.69) is 0 Å². The number of allylic oxidation sites excluding steroid dienone is 1. The summed E-state index contributed by atoms with van der Waals surface area (Å²) in [5, 5.41) is 0. The molecule has 1 aliphatic heterocycles. The number of nitrogens with zero attached hydrogens (tertiary/aromatic N) is 1. The van der Waals surface area contributed by atoms with Gasteiger partial charge in [0.05, 0.1) is 13.2 Å². The van der Waals surface area contributed by atoms with Gasteiger partial charge in [0.25, 0.3) is 0 Å². The van der Waals surface area contributed by atoms with Crippen LogP contribution in [0, 0.1) is 0 Å². The summed E-state index contributed by atoms with van der Waals surface area (Å²) in [4.78, 5) is 25.6. The average Bonchev–Trinajstić information content (AvgIpc) is 2.25. The molecule has 0 saturated carbocycles. The summed E-state index contributed by atoms with van der Waals surface area (Å²) in [6.07, 6.45) is 1.08. The van der Waals surface area contributed by atoms with Crippen LogP contribution in [0.4, 0.5) is 4.79 Å². The minimum atomic E-state index is -0.585. The van der Waals surface area contributed by atoms with Gasteiger partial charge in [-0.05, 0) is 40.7 Å². The van der Waals surface area contributed by atoms with Crippen LogP contribution in [0.3, 0.4) is 0 Å². The van der Waals surface area contributed by atoms with Crippen LogP contribution < -0.4 is 0 Å². The molecular weight excluding hydrogens is 246 g/mol. The van der Waals surface area contributed by atoms with Gasteiger partial charge in [-0.3, -0.25) is 9.69 Å². The Morgan fingerprint density at radius 2 is 1.95 bits per heavy atom. The van der Waals surface area contributed by atoms with Gasteiger partial charge in [-0.2, -0.15) is 0 Å². The fourth-order valence-corrected chi connectivity index (χ4v) is 1.76. The number of morpholine rings is 1.